The summed E-state index contributed by atoms with van der Waals surface area (Å²) in [5.74, 6) is -0.0337. The SMILES string of the molecule is O=C(O)Oc1ncccc1Oc1ncccn1. The van der Waals surface area contributed by atoms with Crippen LogP contribution in [0, 0.1) is 0 Å². The van der Waals surface area contributed by atoms with E-state index < -0.39 is 6.16 Å². The van der Waals surface area contributed by atoms with E-state index >= 15 is 0 Å². The summed E-state index contributed by atoms with van der Waals surface area (Å²) in [4.78, 5) is 21.8. The number of hydrogen-bond donors (Lipinski definition) is 1. The summed E-state index contributed by atoms with van der Waals surface area (Å²) < 4.78 is 9.68. The first-order valence-corrected chi connectivity index (χ1v) is 4.56. The van der Waals surface area contributed by atoms with E-state index in [4.69, 9.17) is 9.84 Å². The van der Waals surface area contributed by atoms with E-state index in [1.165, 1.54) is 24.7 Å². The third kappa shape index (κ3) is 2.88. The maximum absolute atomic E-state index is 10.4. The van der Waals surface area contributed by atoms with Crippen molar-refractivity contribution in [1.82, 2.24) is 15.0 Å². The fraction of sp³-hybridized carbons (Fsp3) is 0. The van der Waals surface area contributed by atoms with Crippen LogP contribution in [0.1, 0.15) is 0 Å². The summed E-state index contributed by atoms with van der Waals surface area (Å²) in [6.45, 7) is 0. The molecule has 0 aliphatic rings. The summed E-state index contributed by atoms with van der Waals surface area (Å²) in [5.41, 5.74) is 0. The minimum absolute atomic E-state index is 0.0794. The van der Waals surface area contributed by atoms with Crippen LogP contribution < -0.4 is 9.47 Å². The van der Waals surface area contributed by atoms with E-state index in [0.717, 1.165) is 0 Å². The molecular formula is C10H7N3O4. The van der Waals surface area contributed by atoms with E-state index in [0.29, 0.717) is 0 Å². The van der Waals surface area contributed by atoms with Gasteiger partial charge in [0.25, 0.3) is 5.88 Å². The van der Waals surface area contributed by atoms with Gasteiger partial charge in [-0.25, -0.2) is 19.7 Å². The van der Waals surface area contributed by atoms with Crippen molar-refractivity contribution in [2.45, 2.75) is 0 Å². The summed E-state index contributed by atoms with van der Waals surface area (Å²) in [6.07, 6.45) is 2.91. The normalized spacial score (nSPS) is 9.65. The van der Waals surface area contributed by atoms with E-state index in [-0.39, 0.29) is 17.6 Å². The van der Waals surface area contributed by atoms with Gasteiger partial charge in [-0.15, -0.1) is 0 Å². The van der Waals surface area contributed by atoms with Crippen LogP contribution >= 0.6 is 0 Å². The Labute approximate surface area is 95.7 Å². The average molecular weight is 233 g/mol. The highest BCUT2D eigenvalue weighted by Gasteiger charge is 2.11. The highest BCUT2D eigenvalue weighted by Crippen LogP contribution is 2.26. The molecule has 7 heteroatoms. The number of carbonyl (C=O) groups is 1. The monoisotopic (exact) mass is 233 g/mol. The van der Waals surface area contributed by atoms with E-state index in [9.17, 15) is 4.79 Å². The van der Waals surface area contributed by atoms with Crippen LogP contribution in [-0.4, -0.2) is 26.2 Å². The number of aromatic nitrogens is 3. The largest absolute Gasteiger partial charge is 0.512 e. The number of rotatable bonds is 3. The zero-order valence-electron chi connectivity index (χ0n) is 8.48. The van der Waals surface area contributed by atoms with Crippen LogP contribution in [0.15, 0.2) is 36.8 Å². The van der Waals surface area contributed by atoms with Crippen molar-refractivity contribution in [3.8, 4) is 17.6 Å². The molecule has 0 bridgehead atoms. The van der Waals surface area contributed by atoms with Crippen molar-refractivity contribution in [3.63, 3.8) is 0 Å². The fourth-order valence-corrected chi connectivity index (χ4v) is 1.05. The second kappa shape index (κ2) is 4.88. The number of nitrogens with zero attached hydrogens (tertiary/aromatic N) is 3. The van der Waals surface area contributed by atoms with Crippen molar-refractivity contribution < 1.29 is 19.4 Å². The van der Waals surface area contributed by atoms with Crippen LogP contribution in [0.5, 0.6) is 17.6 Å². The standard InChI is InChI=1S/C10H7N3O4/c14-10(15)17-8-7(3-1-4-11-8)16-9-12-5-2-6-13-9/h1-6H,(H,14,15). The van der Waals surface area contributed by atoms with Crippen molar-refractivity contribution >= 4 is 6.16 Å². The van der Waals surface area contributed by atoms with E-state index in [1.807, 2.05) is 0 Å². The first-order valence-electron chi connectivity index (χ1n) is 4.56. The Balaban J connectivity index is 2.23. The number of ether oxygens (including phenoxy) is 2. The number of hydrogen-bond acceptors (Lipinski definition) is 6. The first-order chi connectivity index (χ1) is 8.25. The molecular weight excluding hydrogens is 226 g/mol. The Kier molecular flexibility index (Phi) is 3.10. The van der Waals surface area contributed by atoms with Gasteiger partial charge in [-0.05, 0) is 18.2 Å². The molecule has 0 aliphatic carbocycles. The molecule has 0 radical (unpaired) electrons. The molecule has 2 rings (SSSR count). The molecule has 0 atom stereocenters. The second-order valence-corrected chi connectivity index (χ2v) is 2.81. The molecule has 0 aromatic carbocycles. The minimum Gasteiger partial charge on any atom is -0.449 e. The van der Waals surface area contributed by atoms with Gasteiger partial charge < -0.3 is 14.6 Å². The maximum atomic E-state index is 10.4. The molecule has 17 heavy (non-hydrogen) atoms. The molecule has 7 nitrogen and oxygen atoms in total. The van der Waals surface area contributed by atoms with Gasteiger partial charge in [-0.1, -0.05) is 0 Å². The molecule has 0 fully saturated rings. The smallest absolute Gasteiger partial charge is 0.449 e. The van der Waals surface area contributed by atoms with E-state index in [2.05, 4.69) is 19.7 Å². The van der Waals surface area contributed by atoms with Gasteiger partial charge in [-0.2, -0.15) is 0 Å². The molecule has 0 amide bonds. The van der Waals surface area contributed by atoms with Crippen LogP contribution in [0.3, 0.4) is 0 Å². The molecule has 0 spiro atoms. The lowest BCUT2D eigenvalue weighted by Crippen LogP contribution is -2.05. The minimum atomic E-state index is -1.47. The van der Waals surface area contributed by atoms with Gasteiger partial charge in [0, 0.05) is 18.6 Å². The summed E-state index contributed by atoms with van der Waals surface area (Å²) in [5, 5.41) is 8.51. The highest BCUT2D eigenvalue weighted by atomic mass is 16.7. The Morgan fingerprint density at radius 1 is 1.12 bits per heavy atom. The quantitative estimate of drug-likeness (QED) is 0.806. The number of pyridine rings is 1. The Bertz CT molecular complexity index is 518. The second-order valence-electron chi connectivity index (χ2n) is 2.81. The molecule has 0 aliphatic heterocycles. The summed E-state index contributed by atoms with van der Waals surface area (Å²) >= 11 is 0. The molecule has 0 saturated heterocycles. The Hall–Kier alpha value is -2.70. The Morgan fingerprint density at radius 2 is 1.82 bits per heavy atom. The zero-order chi connectivity index (χ0) is 12.1. The maximum Gasteiger partial charge on any atom is 0.512 e. The van der Waals surface area contributed by atoms with Crippen molar-refractivity contribution in [1.29, 1.82) is 0 Å². The molecule has 86 valence electrons. The predicted octanol–water partition coefficient (Wildman–Crippen LogP) is 1.72. The molecule has 1 N–H and O–H groups in total. The predicted molar refractivity (Wildman–Crippen MR) is 55.0 cm³/mol. The Morgan fingerprint density at radius 3 is 2.53 bits per heavy atom. The van der Waals surface area contributed by atoms with Gasteiger partial charge in [0.05, 0.1) is 0 Å². The summed E-state index contributed by atoms with van der Waals surface area (Å²) in [7, 11) is 0. The van der Waals surface area contributed by atoms with Crippen LogP contribution in [0.4, 0.5) is 4.79 Å². The van der Waals surface area contributed by atoms with Crippen molar-refractivity contribution in [2.75, 3.05) is 0 Å². The van der Waals surface area contributed by atoms with Crippen LogP contribution in [0.2, 0.25) is 0 Å². The summed E-state index contributed by atoms with van der Waals surface area (Å²) in [6, 6.07) is 4.79. The molecule has 2 heterocycles. The molecule has 2 aromatic rings. The van der Waals surface area contributed by atoms with Crippen LogP contribution in [-0.2, 0) is 0 Å². The zero-order valence-corrected chi connectivity index (χ0v) is 8.48. The topological polar surface area (TPSA) is 94.4 Å². The lowest BCUT2D eigenvalue weighted by molar-refractivity contribution is 0.141. The van der Waals surface area contributed by atoms with Gasteiger partial charge in [0.1, 0.15) is 0 Å². The molecule has 0 saturated carbocycles. The third-order valence-electron chi connectivity index (χ3n) is 1.66. The fourth-order valence-electron chi connectivity index (χ4n) is 1.05. The number of carboxylic acid groups (broad SMARTS) is 1. The molecule has 0 unspecified atom stereocenters. The average Bonchev–Trinajstić information content (AvgIpc) is 2.32. The molecule has 2 aromatic heterocycles. The highest BCUT2D eigenvalue weighted by molar-refractivity contribution is 5.61. The third-order valence-corrected chi connectivity index (χ3v) is 1.66. The van der Waals surface area contributed by atoms with Gasteiger partial charge in [0.2, 0.25) is 0 Å². The van der Waals surface area contributed by atoms with Gasteiger partial charge >= 0.3 is 12.2 Å². The first kappa shape index (κ1) is 10.8. The van der Waals surface area contributed by atoms with Gasteiger partial charge in [-0.3, -0.25) is 0 Å². The van der Waals surface area contributed by atoms with Crippen molar-refractivity contribution in [2.24, 2.45) is 0 Å². The lowest BCUT2D eigenvalue weighted by atomic mass is 10.4. The van der Waals surface area contributed by atoms with E-state index in [1.54, 1.807) is 12.1 Å². The van der Waals surface area contributed by atoms with Gasteiger partial charge in [0.15, 0.2) is 5.75 Å². The van der Waals surface area contributed by atoms with Crippen LogP contribution in [0.25, 0.3) is 0 Å². The lowest BCUT2D eigenvalue weighted by Gasteiger charge is -2.06. The van der Waals surface area contributed by atoms with Crippen molar-refractivity contribution in [3.05, 3.63) is 36.8 Å².